The predicted octanol–water partition coefficient (Wildman–Crippen LogP) is 3.57. The Morgan fingerprint density at radius 3 is 1.72 bits per heavy atom. The number of rotatable bonds is 6. The summed E-state index contributed by atoms with van der Waals surface area (Å²) in [6.45, 7) is 0. The molecule has 0 heterocycles. The third kappa shape index (κ3) is 4.01. The van der Waals surface area contributed by atoms with E-state index in [9.17, 15) is 33.4 Å². The van der Waals surface area contributed by atoms with Gasteiger partial charge in [0.15, 0.2) is 5.78 Å². The maximum Gasteiger partial charge on any atom is 0.270 e. The molecule has 0 amide bonds. The third-order valence-electron chi connectivity index (χ3n) is 4.06. The van der Waals surface area contributed by atoms with Crippen molar-refractivity contribution < 1.29 is 23.1 Å². The normalized spacial score (nSPS) is 11.0. The lowest BCUT2D eigenvalue weighted by Gasteiger charge is -2.07. The molecule has 29 heavy (non-hydrogen) atoms. The highest BCUT2D eigenvalue weighted by atomic mass is 32.2. The summed E-state index contributed by atoms with van der Waals surface area (Å²) in [5.41, 5.74) is -0.604. The van der Waals surface area contributed by atoms with Crippen LogP contribution >= 0.6 is 0 Å². The van der Waals surface area contributed by atoms with Gasteiger partial charge in [-0.3, -0.25) is 25.0 Å². The lowest BCUT2D eigenvalue weighted by atomic mass is 10.0. The quantitative estimate of drug-likeness (QED) is 0.343. The fourth-order valence-electron chi connectivity index (χ4n) is 2.63. The van der Waals surface area contributed by atoms with Crippen LogP contribution < -0.4 is 0 Å². The van der Waals surface area contributed by atoms with Crippen LogP contribution in [0.2, 0.25) is 0 Å². The van der Waals surface area contributed by atoms with Crippen LogP contribution in [0.25, 0.3) is 0 Å². The molecule has 146 valence electrons. The predicted molar refractivity (Wildman–Crippen MR) is 102 cm³/mol. The van der Waals surface area contributed by atoms with E-state index in [1.165, 1.54) is 54.6 Å². The number of non-ortho nitro benzene ring substituents is 2. The number of hydrogen-bond donors (Lipinski definition) is 0. The summed E-state index contributed by atoms with van der Waals surface area (Å²) >= 11 is 0. The Labute approximate surface area is 164 Å². The van der Waals surface area contributed by atoms with Crippen LogP contribution in [0.1, 0.15) is 15.9 Å². The molecule has 0 saturated heterocycles. The zero-order chi connectivity index (χ0) is 21.2. The molecule has 9 nitrogen and oxygen atoms in total. The molecule has 3 aromatic rings. The minimum absolute atomic E-state index is 0.0111. The molecule has 0 radical (unpaired) electrons. The van der Waals surface area contributed by atoms with Crippen molar-refractivity contribution in [1.29, 1.82) is 0 Å². The van der Waals surface area contributed by atoms with Crippen molar-refractivity contribution in [2.75, 3.05) is 0 Å². The van der Waals surface area contributed by atoms with Crippen LogP contribution in [-0.4, -0.2) is 24.0 Å². The van der Waals surface area contributed by atoms with Gasteiger partial charge in [0.2, 0.25) is 9.84 Å². The van der Waals surface area contributed by atoms with E-state index in [1.54, 1.807) is 0 Å². The van der Waals surface area contributed by atoms with Gasteiger partial charge < -0.3 is 0 Å². The first-order valence-corrected chi connectivity index (χ1v) is 9.57. The lowest BCUT2D eigenvalue weighted by Crippen LogP contribution is -2.06. The molecule has 0 fully saturated rings. The van der Waals surface area contributed by atoms with Crippen molar-refractivity contribution in [3.8, 4) is 0 Å². The Balaban J connectivity index is 2.02. The summed E-state index contributed by atoms with van der Waals surface area (Å²) in [6, 6.07) is 14.8. The SMILES string of the molecule is O=C(c1cccc([N+](=O)[O-])c1)c1cccc(S(=O)(=O)c2cccc([N+](=O)[O-])c2)c1. The van der Waals surface area contributed by atoms with Gasteiger partial charge in [-0.25, -0.2) is 8.42 Å². The first kappa shape index (κ1) is 19.8. The summed E-state index contributed by atoms with van der Waals surface area (Å²) in [6.07, 6.45) is 0. The fraction of sp³-hybridized carbons (Fsp3) is 0. The Kier molecular flexibility index (Phi) is 5.20. The minimum atomic E-state index is -4.12. The number of hydrogen-bond acceptors (Lipinski definition) is 7. The number of nitro benzene ring substituents is 2. The van der Waals surface area contributed by atoms with Crippen LogP contribution in [0.3, 0.4) is 0 Å². The van der Waals surface area contributed by atoms with Crippen molar-refractivity contribution in [3.05, 3.63) is 104 Å². The molecule has 0 unspecified atom stereocenters. The molecule has 0 aliphatic rings. The van der Waals surface area contributed by atoms with Gasteiger partial charge in [0, 0.05) is 35.4 Å². The summed E-state index contributed by atoms with van der Waals surface area (Å²) < 4.78 is 25.7. The molecule has 3 rings (SSSR count). The average molecular weight is 412 g/mol. The third-order valence-corrected chi connectivity index (χ3v) is 5.81. The second-order valence-corrected chi connectivity index (χ2v) is 7.87. The molecule has 3 aromatic carbocycles. The van der Waals surface area contributed by atoms with Crippen LogP contribution in [0.5, 0.6) is 0 Å². The topological polar surface area (TPSA) is 137 Å². The molecular formula is C19H12N2O7S. The van der Waals surface area contributed by atoms with Crippen molar-refractivity contribution in [3.63, 3.8) is 0 Å². The monoisotopic (exact) mass is 412 g/mol. The van der Waals surface area contributed by atoms with Gasteiger partial charge in [0.1, 0.15) is 0 Å². The number of carbonyl (C=O) groups excluding carboxylic acids is 1. The van der Waals surface area contributed by atoms with Crippen molar-refractivity contribution >= 4 is 27.0 Å². The Bertz CT molecular complexity index is 1250. The maximum absolute atomic E-state index is 12.8. The van der Waals surface area contributed by atoms with Crippen molar-refractivity contribution in [2.45, 2.75) is 9.79 Å². The molecule has 0 aliphatic carbocycles. The molecule has 0 atom stereocenters. The van der Waals surface area contributed by atoms with Gasteiger partial charge in [-0.05, 0) is 18.2 Å². The van der Waals surface area contributed by atoms with E-state index in [0.717, 1.165) is 18.2 Å². The van der Waals surface area contributed by atoms with Gasteiger partial charge >= 0.3 is 0 Å². The van der Waals surface area contributed by atoms with E-state index in [0.29, 0.717) is 0 Å². The first-order chi connectivity index (χ1) is 13.7. The van der Waals surface area contributed by atoms with Gasteiger partial charge in [-0.15, -0.1) is 0 Å². The zero-order valence-electron chi connectivity index (χ0n) is 14.6. The molecule has 0 aromatic heterocycles. The number of nitro groups is 2. The molecule has 0 N–H and O–H groups in total. The second-order valence-electron chi connectivity index (χ2n) is 5.92. The van der Waals surface area contributed by atoms with E-state index < -0.39 is 25.5 Å². The largest absolute Gasteiger partial charge is 0.289 e. The van der Waals surface area contributed by atoms with Gasteiger partial charge in [-0.1, -0.05) is 30.3 Å². The number of carbonyl (C=O) groups is 1. The number of benzene rings is 3. The van der Waals surface area contributed by atoms with E-state index in [-0.39, 0.29) is 32.3 Å². The van der Waals surface area contributed by atoms with Crippen LogP contribution in [0.4, 0.5) is 11.4 Å². The standard InChI is InChI=1S/C19H12N2O7S/c22-19(13-4-1-6-15(10-13)20(23)24)14-5-2-8-17(11-14)29(27,28)18-9-3-7-16(12-18)21(25)26/h1-12H. The molecule has 0 bridgehead atoms. The zero-order valence-corrected chi connectivity index (χ0v) is 15.4. The van der Waals surface area contributed by atoms with Gasteiger partial charge in [0.25, 0.3) is 11.4 Å². The molecular weight excluding hydrogens is 400 g/mol. The second kappa shape index (κ2) is 7.60. The minimum Gasteiger partial charge on any atom is -0.289 e. The van der Waals surface area contributed by atoms with Crippen molar-refractivity contribution in [1.82, 2.24) is 0 Å². The molecule has 0 aliphatic heterocycles. The van der Waals surface area contributed by atoms with Crippen molar-refractivity contribution in [2.24, 2.45) is 0 Å². The number of ketones is 1. The number of sulfone groups is 1. The first-order valence-electron chi connectivity index (χ1n) is 8.09. The highest BCUT2D eigenvalue weighted by Gasteiger charge is 2.22. The Morgan fingerprint density at radius 2 is 1.14 bits per heavy atom. The van der Waals surface area contributed by atoms with Gasteiger partial charge in [-0.2, -0.15) is 0 Å². The molecule has 0 spiro atoms. The highest BCUT2D eigenvalue weighted by molar-refractivity contribution is 7.91. The fourth-order valence-corrected chi connectivity index (χ4v) is 3.98. The molecule has 0 saturated carbocycles. The number of nitrogens with zero attached hydrogens (tertiary/aromatic N) is 2. The smallest absolute Gasteiger partial charge is 0.270 e. The average Bonchev–Trinajstić information content (AvgIpc) is 2.73. The molecule has 10 heteroatoms. The summed E-state index contributed by atoms with van der Waals surface area (Å²) in [5.74, 6) is -0.593. The summed E-state index contributed by atoms with van der Waals surface area (Å²) in [4.78, 5) is 32.6. The Morgan fingerprint density at radius 1 is 0.690 bits per heavy atom. The van der Waals surface area contributed by atoms with Crippen LogP contribution in [-0.2, 0) is 9.84 Å². The highest BCUT2D eigenvalue weighted by Crippen LogP contribution is 2.26. The Hall–Kier alpha value is -3.92. The van der Waals surface area contributed by atoms with Crippen LogP contribution in [0.15, 0.2) is 82.6 Å². The van der Waals surface area contributed by atoms with Gasteiger partial charge in [0.05, 0.1) is 19.6 Å². The van der Waals surface area contributed by atoms with E-state index in [1.807, 2.05) is 0 Å². The maximum atomic E-state index is 12.8. The van der Waals surface area contributed by atoms with Crippen LogP contribution in [0, 0.1) is 20.2 Å². The lowest BCUT2D eigenvalue weighted by molar-refractivity contribution is -0.385. The van der Waals surface area contributed by atoms with E-state index in [2.05, 4.69) is 0 Å². The van der Waals surface area contributed by atoms with E-state index in [4.69, 9.17) is 0 Å². The van der Waals surface area contributed by atoms with E-state index >= 15 is 0 Å². The summed E-state index contributed by atoms with van der Waals surface area (Å²) in [7, 11) is -4.12. The summed E-state index contributed by atoms with van der Waals surface area (Å²) in [5, 5.41) is 21.8.